The molecule has 0 spiro atoms. The van der Waals surface area contributed by atoms with Gasteiger partial charge in [0.05, 0.1) is 17.6 Å². The minimum Gasteiger partial charge on any atom is -0.478 e. The van der Waals surface area contributed by atoms with Crippen LogP contribution >= 0.6 is 0 Å². The lowest BCUT2D eigenvalue weighted by Crippen LogP contribution is -3.01. The molecule has 1 saturated heterocycles. The summed E-state index contributed by atoms with van der Waals surface area (Å²) in [6.07, 6.45) is -0.235. The number of nitrogens with zero attached hydrogens (tertiary/aromatic N) is 1. The Balaban J connectivity index is 1.33. The topological polar surface area (TPSA) is 205 Å². The van der Waals surface area contributed by atoms with E-state index in [1.165, 1.54) is 6.07 Å². The van der Waals surface area contributed by atoms with Crippen LogP contribution < -0.4 is 20.4 Å². The van der Waals surface area contributed by atoms with Gasteiger partial charge >= 0.3 is 0 Å². The summed E-state index contributed by atoms with van der Waals surface area (Å²) in [5, 5.41) is 52.5. The Bertz CT molecular complexity index is 1650. The van der Waals surface area contributed by atoms with Crippen molar-refractivity contribution in [3.05, 3.63) is 57.7 Å². The molecule has 46 heavy (non-hydrogen) atoms. The van der Waals surface area contributed by atoms with Crippen molar-refractivity contribution in [3.8, 4) is 5.75 Å². The number of aliphatic imine (C=N–C) groups is 1. The number of aryl methyl sites for hydroxylation is 1. The van der Waals surface area contributed by atoms with E-state index in [1.54, 1.807) is 19.2 Å². The number of amides is 1. The first-order valence-corrected chi connectivity index (χ1v) is 15.5. The molecule has 6 rings (SSSR count). The fourth-order valence-corrected chi connectivity index (χ4v) is 6.52. The summed E-state index contributed by atoms with van der Waals surface area (Å²) in [4.78, 5) is 41.7. The van der Waals surface area contributed by atoms with Crippen LogP contribution in [0.15, 0.2) is 50.4 Å². The Labute approximate surface area is 264 Å². The van der Waals surface area contributed by atoms with Gasteiger partial charge in [-0.1, -0.05) is 0 Å². The summed E-state index contributed by atoms with van der Waals surface area (Å²) in [6, 6.07) is 3.18. The second kappa shape index (κ2) is 13.0. The molecule has 4 aliphatic heterocycles. The number of aliphatic hydroxyl groups is 5. The summed E-state index contributed by atoms with van der Waals surface area (Å²) in [7, 11) is 0. The molecule has 0 aliphatic carbocycles. The Morgan fingerprint density at radius 2 is 1.93 bits per heavy atom. The minimum atomic E-state index is -1.82. The molecular formula is C32H40N3O11+. The van der Waals surface area contributed by atoms with Gasteiger partial charge in [0.15, 0.2) is 11.2 Å². The first kappa shape index (κ1) is 32.5. The number of fused-ring (bicyclic) bond motifs is 3. The maximum atomic E-state index is 13.2. The average molecular weight is 643 g/mol. The van der Waals surface area contributed by atoms with E-state index in [2.05, 4.69) is 10.3 Å². The molecule has 1 amide bonds. The van der Waals surface area contributed by atoms with E-state index in [0.717, 1.165) is 16.2 Å². The van der Waals surface area contributed by atoms with Gasteiger partial charge < -0.3 is 40.0 Å². The zero-order chi connectivity index (χ0) is 32.7. The van der Waals surface area contributed by atoms with Crippen LogP contribution in [0.1, 0.15) is 37.5 Å². The fourth-order valence-electron chi connectivity index (χ4n) is 6.52. The Morgan fingerprint density at radius 3 is 2.65 bits per heavy atom. The van der Waals surface area contributed by atoms with Gasteiger partial charge in [0.1, 0.15) is 66.9 Å². The number of carbonyl (C=O) groups is 1. The quantitative estimate of drug-likeness (QED) is 0.109. The third-order valence-corrected chi connectivity index (χ3v) is 9.28. The number of allylic oxidation sites excluding steroid dienone is 1. The molecule has 2 aromatic rings. The highest BCUT2D eigenvalue weighted by Gasteiger charge is 2.47. The number of nitrogens with one attached hydrogen (secondary N) is 2. The third-order valence-electron chi connectivity index (χ3n) is 9.28. The van der Waals surface area contributed by atoms with Crippen LogP contribution in [0.5, 0.6) is 5.75 Å². The van der Waals surface area contributed by atoms with Crippen LogP contribution in [-0.2, 0) is 21.0 Å². The second-order valence-corrected chi connectivity index (χ2v) is 12.7. The predicted octanol–water partition coefficient (Wildman–Crippen LogP) is -1.15. The van der Waals surface area contributed by atoms with Crippen molar-refractivity contribution in [2.24, 2.45) is 10.9 Å². The SMILES string of the molecule is Cc1cc(=O)c2cc3c(c([NH+]4C=C5C=CN=C5C4)c2o1)O[C@](C)(CC[C@H]1CNC(=O)C1)[C@H](OOC[C@H](O)[C@@H](O)[C@H](O)[C@H](O)CO)C3. The van der Waals surface area contributed by atoms with Crippen LogP contribution in [0.25, 0.3) is 11.0 Å². The Morgan fingerprint density at radius 1 is 1.15 bits per heavy atom. The van der Waals surface area contributed by atoms with E-state index >= 15 is 0 Å². The van der Waals surface area contributed by atoms with E-state index in [0.29, 0.717) is 66.1 Å². The van der Waals surface area contributed by atoms with E-state index in [1.807, 2.05) is 19.2 Å². The standard InChI is InChI=1S/C32H39N3O11/c1-16-7-22(37)20-9-19-10-25(46-43-15-24(39)29(42)28(41)23(38)14-36)32(2,5-3-17-8-26(40)34-11-17)45-30(19)27(31(20)44-16)35-12-18-4-6-33-21(18)13-35/h4,6-7,9,12,17,23-25,28-29,36,38-39,41-42H,3,5,8,10-11,13-15H2,1-2H3,(H,34,40)/p+1/t17-,23-,24+,25-,28-,29-,32-/m1/s1. The summed E-state index contributed by atoms with van der Waals surface area (Å²) in [6.45, 7) is 3.31. The highest BCUT2D eigenvalue weighted by Crippen LogP contribution is 2.45. The van der Waals surface area contributed by atoms with Crippen molar-refractivity contribution < 1.29 is 54.2 Å². The zero-order valence-corrected chi connectivity index (χ0v) is 25.6. The monoisotopic (exact) mass is 642 g/mol. The molecule has 1 unspecified atom stereocenters. The zero-order valence-electron chi connectivity index (χ0n) is 25.6. The molecular weight excluding hydrogens is 602 g/mol. The third kappa shape index (κ3) is 6.27. The molecule has 0 bridgehead atoms. The van der Waals surface area contributed by atoms with Crippen LogP contribution in [0, 0.1) is 12.8 Å². The van der Waals surface area contributed by atoms with E-state index in [-0.39, 0.29) is 23.7 Å². The molecule has 14 heteroatoms. The van der Waals surface area contributed by atoms with E-state index < -0.39 is 49.3 Å². The molecule has 4 aliphatic rings. The van der Waals surface area contributed by atoms with Gasteiger partial charge in [-0.2, -0.15) is 0 Å². The maximum Gasteiger partial charge on any atom is 0.222 e. The highest BCUT2D eigenvalue weighted by molar-refractivity contribution is 6.07. The maximum absolute atomic E-state index is 13.2. The molecule has 8 atom stereocenters. The molecule has 1 aromatic carbocycles. The van der Waals surface area contributed by atoms with Gasteiger partial charge in [0, 0.05) is 37.2 Å². The number of hydrogen-bond donors (Lipinski definition) is 7. The lowest BCUT2D eigenvalue weighted by Gasteiger charge is -2.42. The van der Waals surface area contributed by atoms with Gasteiger partial charge in [0.2, 0.25) is 17.2 Å². The van der Waals surface area contributed by atoms with Crippen molar-refractivity contribution in [1.29, 1.82) is 0 Å². The van der Waals surface area contributed by atoms with Crippen molar-refractivity contribution in [1.82, 2.24) is 5.32 Å². The molecule has 1 fully saturated rings. The summed E-state index contributed by atoms with van der Waals surface area (Å²) in [5.41, 5.74) is 2.46. The van der Waals surface area contributed by atoms with Gasteiger partial charge in [0.25, 0.3) is 0 Å². The molecule has 14 nitrogen and oxygen atoms in total. The van der Waals surface area contributed by atoms with E-state index in [9.17, 15) is 30.0 Å². The van der Waals surface area contributed by atoms with Crippen LogP contribution in [0.3, 0.4) is 0 Å². The molecule has 1 aromatic heterocycles. The minimum absolute atomic E-state index is 0.00502. The molecule has 0 radical (unpaired) electrons. The summed E-state index contributed by atoms with van der Waals surface area (Å²) >= 11 is 0. The number of benzene rings is 1. The van der Waals surface area contributed by atoms with Crippen LogP contribution in [0.2, 0.25) is 0 Å². The number of aliphatic hydroxyl groups excluding tert-OH is 5. The van der Waals surface area contributed by atoms with Crippen molar-refractivity contribution in [3.63, 3.8) is 0 Å². The summed E-state index contributed by atoms with van der Waals surface area (Å²) in [5.74, 6) is 1.11. The Hall–Kier alpha value is -3.47. The number of hydrogen-bond acceptors (Lipinski definition) is 12. The number of ether oxygens (including phenoxy) is 1. The number of rotatable bonds is 12. The van der Waals surface area contributed by atoms with Gasteiger partial charge in [-0.05, 0) is 44.7 Å². The van der Waals surface area contributed by atoms with Crippen LogP contribution in [0.4, 0.5) is 5.69 Å². The second-order valence-electron chi connectivity index (χ2n) is 12.7. The Kier molecular flexibility index (Phi) is 9.15. The highest BCUT2D eigenvalue weighted by atomic mass is 17.2. The lowest BCUT2D eigenvalue weighted by molar-refractivity contribution is -0.759. The largest absolute Gasteiger partial charge is 0.478 e. The number of quaternary nitrogens is 1. The fraction of sp³-hybridized carbons (Fsp3) is 0.531. The van der Waals surface area contributed by atoms with Crippen LogP contribution in [-0.4, -0.2) is 99.6 Å². The average Bonchev–Trinajstić information content (AvgIpc) is 3.75. The van der Waals surface area contributed by atoms with Crippen molar-refractivity contribution in [2.45, 2.75) is 75.7 Å². The van der Waals surface area contributed by atoms with Crippen molar-refractivity contribution in [2.75, 3.05) is 26.3 Å². The van der Waals surface area contributed by atoms with Gasteiger partial charge in [-0.15, -0.1) is 0 Å². The smallest absolute Gasteiger partial charge is 0.222 e. The first-order valence-electron chi connectivity index (χ1n) is 15.5. The predicted molar refractivity (Wildman–Crippen MR) is 162 cm³/mol. The lowest BCUT2D eigenvalue weighted by atomic mass is 9.83. The molecule has 0 saturated carbocycles. The normalized spacial score (nSPS) is 27.8. The summed E-state index contributed by atoms with van der Waals surface area (Å²) < 4.78 is 13.1. The van der Waals surface area contributed by atoms with Gasteiger partial charge in [-0.25, -0.2) is 9.78 Å². The first-order chi connectivity index (χ1) is 22.0. The van der Waals surface area contributed by atoms with Gasteiger partial charge in [-0.3, -0.25) is 19.5 Å². The molecule has 248 valence electrons. The molecule has 7 N–H and O–H groups in total. The number of carbonyl (C=O) groups excluding carboxylic acids is 1. The van der Waals surface area contributed by atoms with E-state index in [4.69, 9.17) is 24.0 Å². The van der Waals surface area contributed by atoms with Crippen molar-refractivity contribution >= 4 is 28.3 Å². The molecule has 5 heterocycles.